The molecule has 0 aliphatic rings. The predicted molar refractivity (Wildman–Crippen MR) is 135 cm³/mol. The van der Waals surface area contributed by atoms with Crippen molar-refractivity contribution in [3.05, 3.63) is 60.6 Å². The minimum Gasteiger partial charge on any atom is -0.307 e. The Morgan fingerprint density at radius 1 is 1.06 bits per heavy atom. The highest BCUT2D eigenvalue weighted by Crippen LogP contribution is 2.32. The van der Waals surface area contributed by atoms with Crippen molar-refractivity contribution in [1.82, 2.24) is 28.5 Å². The molecule has 10 heteroatoms. The summed E-state index contributed by atoms with van der Waals surface area (Å²) >= 11 is 1.58. The molecule has 0 amide bonds. The maximum atomic E-state index is 13.1. The van der Waals surface area contributed by atoms with Crippen LogP contribution in [0.4, 0.5) is 0 Å². The SMILES string of the molecule is CCC(C)n1c(SCc2cn3ccccc3n2)nnc1-c1cccc(S(=O)(=O)N(CC)CC)c1. The van der Waals surface area contributed by atoms with Gasteiger partial charge in [0.1, 0.15) is 5.65 Å². The van der Waals surface area contributed by atoms with Gasteiger partial charge in [-0.15, -0.1) is 10.2 Å². The van der Waals surface area contributed by atoms with Gasteiger partial charge < -0.3 is 4.40 Å². The van der Waals surface area contributed by atoms with E-state index in [1.807, 2.05) is 54.9 Å². The first-order chi connectivity index (χ1) is 16.4. The molecule has 0 fully saturated rings. The minimum absolute atomic E-state index is 0.150. The second-order valence-corrected chi connectivity index (χ2v) is 10.9. The lowest BCUT2D eigenvalue weighted by Crippen LogP contribution is -2.30. The van der Waals surface area contributed by atoms with Gasteiger partial charge in [0.15, 0.2) is 11.0 Å². The van der Waals surface area contributed by atoms with E-state index in [1.54, 1.807) is 30.0 Å². The van der Waals surface area contributed by atoms with E-state index in [9.17, 15) is 8.42 Å². The van der Waals surface area contributed by atoms with Crippen LogP contribution >= 0.6 is 11.8 Å². The summed E-state index contributed by atoms with van der Waals surface area (Å²) in [4.78, 5) is 4.94. The molecule has 0 aliphatic carbocycles. The summed E-state index contributed by atoms with van der Waals surface area (Å²) in [6.45, 7) is 8.78. The van der Waals surface area contributed by atoms with Gasteiger partial charge in [-0.3, -0.25) is 4.57 Å². The molecule has 3 heterocycles. The first-order valence-corrected chi connectivity index (χ1v) is 13.9. The molecule has 0 N–H and O–H groups in total. The van der Waals surface area contributed by atoms with Crippen LogP contribution < -0.4 is 0 Å². The molecule has 1 atom stereocenters. The Hall–Kier alpha value is -2.69. The van der Waals surface area contributed by atoms with Gasteiger partial charge in [-0.05, 0) is 37.6 Å². The van der Waals surface area contributed by atoms with E-state index in [2.05, 4.69) is 33.6 Å². The first-order valence-electron chi connectivity index (χ1n) is 11.5. The van der Waals surface area contributed by atoms with E-state index in [4.69, 9.17) is 0 Å². The number of aromatic nitrogens is 5. The van der Waals surface area contributed by atoms with E-state index in [1.165, 1.54) is 4.31 Å². The summed E-state index contributed by atoms with van der Waals surface area (Å²) in [5, 5.41) is 9.74. The first kappa shape index (κ1) is 24.4. The number of benzene rings is 1. The van der Waals surface area contributed by atoms with Gasteiger partial charge in [0, 0.05) is 42.8 Å². The Balaban J connectivity index is 1.67. The molecular formula is C24H30N6O2S2. The predicted octanol–water partition coefficient (Wildman–Crippen LogP) is 4.89. The summed E-state index contributed by atoms with van der Waals surface area (Å²) in [6.07, 6.45) is 4.90. The fourth-order valence-electron chi connectivity index (χ4n) is 3.86. The standard InChI is InChI=1S/C24H30N6O2S2/c1-5-18(4)30-23(19-11-10-12-21(15-19)34(31,32)29(6-2)7-3)26-27-24(30)33-17-20-16-28-14-9-8-13-22(28)25-20/h8-16,18H,5-7,17H2,1-4H3. The molecule has 0 radical (unpaired) electrons. The van der Waals surface area contributed by atoms with Crippen molar-refractivity contribution in [2.45, 2.75) is 56.0 Å². The maximum Gasteiger partial charge on any atom is 0.243 e. The number of fused-ring (bicyclic) bond motifs is 1. The van der Waals surface area contributed by atoms with Crippen molar-refractivity contribution >= 4 is 27.4 Å². The summed E-state index contributed by atoms with van der Waals surface area (Å²) in [5.74, 6) is 1.33. The van der Waals surface area contributed by atoms with Crippen molar-refractivity contribution in [2.75, 3.05) is 13.1 Å². The number of pyridine rings is 1. The number of hydrogen-bond donors (Lipinski definition) is 0. The molecule has 3 aromatic heterocycles. The molecule has 8 nitrogen and oxygen atoms in total. The number of sulfonamides is 1. The molecule has 0 aliphatic heterocycles. The second-order valence-electron chi connectivity index (χ2n) is 8.04. The fourth-order valence-corrected chi connectivity index (χ4v) is 6.28. The molecule has 0 saturated heterocycles. The van der Waals surface area contributed by atoms with E-state index in [0.717, 1.165) is 28.5 Å². The van der Waals surface area contributed by atoms with E-state index < -0.39 is 10.0 Å². The maximum absolute atomic E-state index is 13.1. The van der Waals surface area contributed by atoms with Gasteiger partial charge in [-0.1, -0.05) is 50.7 Å². The third-order valence-corrected chi connectivity index (χ3v) is 8.92. The number of nitrogens with zero attached hydrogens (tertiary/aromatic N) is 6. The Labute approximate surface area is 205 Å². The number of hydrogen-bond acceptors (Lipinski definition) is 6. The molecule has 0 bridgehead atoms. The lowest BCUT2D eigenvalue weighted by Gasteiger charge is -2.19. The van der Waals surface area contributed by atoms with Crippen LogP contribution in [0, 0.1) is 0 Å². The van der Waals surface area contributed by atoms with E-state index in [0.29, 0.717) is 24.7 Å². The zero-order valence-electron chi connectivity index (χ0n) is 19.9. The topological polar surface area (TPSA) is 85.4 Å². The van der Waals surface area contributed by atoms with Crippen LogP contribution in [0.25, 0.3) is 17.0 Å². The van der Waals surface area contributed by atoms with Gasteiger partial charge in [0.25, 0.3) is 0 Å². The average Bonchev–Trinajstić information content (AvgIpc) is 3.46. The van der Waals surface area contributed by atoms with Gasteiger partial charge >= 0.3 is 0 Å². The highest BCUT2D eigenvalue weighted by Gasteiger charge is 2.24. The second kappa shape index (κ2) is 10.3. The van der Waals surface area contributed by atoms with Crippen molar-refractivity contribution < 1.29 is 8.42 Å². The van der Waals surface area contributed by atoms with Crippen LogP contribution in [0.15, 0.2) is 64.9 Å². The average molecular weight is 499 g/mol. The molecule has 4 aromatic rings. The summed E-state index contributed by atoms with van der Waals surface area (Å²) in [6, 6.07) is 13.1. The van der Waals surface area contributed by atoms with Crippen molar-refractivity contribution in [2.24, 2.45) is 0 Å². The fraction of sp³-hybridized carbons (Fsp3) is 0.375. The molecule has 1 aromatic carbocycles. The highest BCUT2D eigenvalue weighted by atomic mass is 32.2. The smallest absolute Gasteiger partial charge is 0.243 e. The van der Waals surface area contributed by atoms with Crippen molar-refractivity contribution in [1.29, 1.82) is 0 Å². The molecule has 34 heavy (non-hydrogen) atoms. The van der Waals surface area contributed by atoms with Gasteiger partial charge in [-0.25, -0.2) is 13.4 Å². The molecule has 0 saturated carbocycles. The third-order valence-electron chi connectivity index (χ3n) is 5.89. The minimum atomic E-state index is -3.56. The highest BCUT2D eigenvalue weighted by molar-refractivity contribution is 7.98. The van der Waals surface area contributed by atoms with Crippen LogP contribution in [-0.4, -0.2) is 50.0 Å². The normalized spacial score (nSPS) is 13.1. The molecule has 180 valence electrons. The number of rotatable bonds is 10. The Morgan fingerprint density at radius 2 is 1.85 bits per heavy atom. The van der Waals surface area contributed by atoms with Crippen LogP contribution in [0.3, 0.4) is 0 Å². The van der Waals surface area contributed by atoms with Gasteiger partial charge in [0.2, 0.25) is 10.0 Å². The monoisotopic (exact) mass is 498 g/mol. The largest absolute Gasteiger partial charge is 0.307 e. The Kier molecular flexibility index (Phi) is 7.39. The number of imidazole rings is 1. The van der Waals surface area contributed by atoms with Gasteiger partial charge in [0.05, 0.1) is 10.6 Å². The van der Waals surface area contributed by atoms with Crippen LogP contribution in [0.2, 0.25) is 0 Å². The Bertz CT molecular complexity index is 1340. The van der Waals surface area contributed by atoms with E-state index >= 15 is 0 Å². The van der Waals surface area contributed by atoms with Crippen molar-refractivity contribution in [3.8, 4) is 11.4 Å². The van der Waals surface area contributed by atoms with Crippen LogP contribution in [-0.2, 0) is 15.8 Å². The molecular weight excluding hydrogens is 468 g/mol. The quantitative estimate of drug-likeness (QED) is 0.290. The lowest BCUT2D eigenvalue weighted by atomic mass is 10.2. The van der Waals surface area contributed by atoms with E-state index in [-0.39, 0.29) is 10.9 Å². The summed E-state index contributed by atoms with van der Waals surface area (Å²) in [5.41, 5.74) is 2.61. The third kappa shape index (κ3) is 4.75. The Morgan fingerprint density at radius 3 is 2.56 bits per heavy atom. The molecule has 0 spiro atoms. The zero-order valence-corrected chi connectivity index (χ0v) is 21.6. The summed E-state index contributed by atoms with van der Waals surface area (Å²) in [7, 11) is -3.56. The molecule has 4 rings (SSSR count). The van der Waals surface area contributed by atoms with Crippen molar-refractivity contribution in [3.63, 3.8) is 0 Å². The summed E-state index contributed by atoms with van der Waals surface area (Å²) < 4.78 is 31.7. The van der Waals surface area contributed by atoms with Gasteiger partial charge in [-0.2, -0.15) is 4.31 Å². The van der Waals surface area contributed by atoms with Crippen LogP contribution in [0.5, 0.6) is 0 Å². The lowest BCUT2D eigenvalue weighted by molar-refractivity contribution is 0.445. The number of thioether (sulfide) groups is 1. The van der Waals surface area contributed by atoms with Crippen LogP contribution in [0.1, 0.15) is 45.9 Å². The molecule has 1 unspecified atom stereocenters. The zero-order chi connectivity index (χ0) is 24.3.